The Hall–Kier alpha value is -1.33. The zero-order valence-corrected chi connectivity index (χ0v) is 12.7. The molecule has 0 aliphatic heterocycles. The third kappa shape index (κ3) is 6.78. The van der Waals surface area contributed by atoms with Crippen LogP contribution in [0.4, 0.5) is 4.39 Å². The van der Waals surface area contributed by atoms with E-state index < -0.39 is 0 Å². The largest absolute Gasteiger partial charge is 0.494 e. The number of ether oxygens (including phenoxy) is 1. The van der Waals surface area contributed by atoms with Gasteiger partial charge in [-0.15, -0.1) is 12.4 Å². The maximum atomic E-state index is 12.7. The minimum Gasteiger partial charge on any atom is -0.494 e. The fourth-order valence-electron chi connectivity index (χ4n) is 1.96. The number of halogens is 2. The van der Waals surface area contributed by atoms with E-state index in [-0.39, 0.29) is 30.2 Å². The van der Waals surface area contributed by atoms with Crippen LogP contribution in [0.3, 0.4) is 0 Å². The molecular formula is C15H22ClFN2O2. The van der Waals surface area contributed by atoms with Gasteiger partial charge in [-0.1, -0.05) is 0 Å². The lowest BCUT2D eigenvalue weighted by Gasteiger charge is -2.11. The number of amides is 1. The second kappa shape index (κ2) is 8.85. The Kier molecular flexibility index (Phi) is 7.47. The van der Waals surface area contributed by atoms with Gasteiger partial charge in [0.1, 0.15) is 11.6 Å². The van der Waals surface area contributed by atoms with Crippen molar-refractivity contribution in [2.45, 2.75) is 31.7 Å². The Labute approximate surface area is 130 Å². The van der Waals surface area contributed by atoms with Gasteiger partial charge in [-0.3, -0.25) is 4.79 Å². The molecule has 0 saturated heterocycles. The van der Waals surface area contributed by atoms with Gasteiger partial charge in [-0.05, 0) is 49.4 Å². The third-order valence-corrected chi connectivity index (χ3v) is 3.39. The molecule has 4 nitrogen and oxygen atoms in total. The van der Waals surface area contributed by atoms with E-state index in [1.165, 1.54) is 25.0 Å². The predicted molar refractivity (Wildman–Crippen MR) is 82.1 cm³/mol. The van der Waals surface area contributed by atoms with Gasteiger partial charge in [-0.25, -0.2) is 4.39 Å². The van der Waals surface area contributed by atoms with Gasteiger partial charge < -0.3 is 15.8 Å². The van der Waals surface area contributed by atoms with Gasteiger partial charge in [0, 0.05) is 19.0 Å². The molecule has 1 fully saturated rings. The van der Waals surface area contributed by atoms with Crippen LogP contribution in [0.15, 0.2) is 24.3 Å². The molecule has 0 heterocycles. The van der Waals surface area contributed by atoms with Crippen LogP contribution in [-0.2, 0) is 4.79 Å². The van der Waals surface area contributed by atoms with Crippen molar-refractivity contribution in [2.75, 3.05) is 13.2 Å². The first-order valence-corrected chi connectivity index (χ1v) is 7.06. The van der Waals surface area contributed by atoms with Gasteiger partial charge in [-0.2, -0.15) is 0 Å². The molecule has 0 radical (unpaired) electrons. The molecule has 1 aliphatic carbocycles. The van der Waals surface area contributed by atoms with E-state index in [4.69, 9.17) is 10.5 Å². The van der Waals surface area contributed by atoms with E-state index >= 15 is 0 Å². The first-order chi connectivity index (χ1) is 9.65. The summed E-state index contributed by atoms with van der Waals surface area (Å²) >= 11 is 0. The SMILES string of the molecule is Cl.NC(CNC(=O)CCCOc1ccc(F)cc1)C1CC1. The molecule has 2 rings (SSSR count). The van der Waals surface area contributed by atoms with Crippen LogP contribution < -0.4 is 15.8 Å². The lowest BCUT2D eigenvalue weighted by molar-refractivity contribution is -0.121. The summed E-state index contributed by atoms with van der Waals surface area (Å²) in [6.07, 6.45) is 3.41. The smallest absolute Gasteiger partial charge is 0.220 e. The van der Waals surface area contributed by atoms with Gasteiger partial charge >= 0.3 is 0 Å². The monoisotopic (exact) mass is 316 g/mol. The lowest BCUT2D eigenvalue weighted by atomic mass is 10.2. The first kappa shape index (κ1) is 17.7. The molecule has 118 valence electrons. The summed E-state index contributed by atoms with van der Waals surface area (Å²) in [7, 11) is 0. The highest BCUT2D eigenvalue weighted by atomic mass is 35.5. The van der Waals surface area contributed by atoms with Crippen LogP contribution in [-0.4, -0.2) is 25.1 Å². The quantitative estimate of drug-likeness (QED) is 0.723. The van der Waals surface area contributed by atoms with E-state index in [2.05, 4.69) is 5.32 Å². The fraction of sp³-hybridized carbons (Fsp3) is 0.533. The number of carbonyl (C=O) groups excluding carboxylic acids is 1. The summed E-state index contributed by atoms with van der Waals surface area (Å²) in [6, 6.07) is 5.94. The Morgan fingerprint density at radius 3 is 2.67 bits per heavy atom. The highest BCUT2D eigenvalue weighted by molar-refractivity contribution is 5.85. The highest BCUT2D eigenvalue weighted by Crippen LogP contribution is 2.31. The Balaban J connectivity index is 0.00000220. The molecule has 0 spiro atoms. The number of carbonyl (C=O) groups is 1. The average Bonchev–Trinajstić information content (AvgIpc) is 3.27. The second-order valence-corrected chi connectivity index (χ2v) is 5.21. The molecule has 6 heteroatoms. The van der Waals surface area contributed by atoms with Crippen molar-refractivity contribution >= 4 is 18.3 Å². The zero-order valence-electron chi connectivity index (χ0n) is 11.9. The minimum absolute atomic E-state index is 0. The van der Waals surface area contributed by atoms with Gasteiger partial charge in [0.25, 0.3) is 0 Å². The van der Waals surface area contributed by atoms with Gasteiger partial charge in [0.2, 0.25) is 5.91 Å². The Morgan fingerprint density at radius 2 is 2.05 bits per heavy atom. The number of nitrogens with one attached hydrogen (secondary N) is 1. The van der Waals surface area contributed by atoms with Crippen LogP contribution in [0.5, 0.6) is 5.75 Å². The van der Waals surface area contributed by atoms with Crippen LogP contribution in [0.25, 0.3) is 0 Å². The molecule has 0 aromatic heterocycles. The van der Waals surface area contributed by atoms with Crippen LogP contribution >= 0.6 is 12.4 Å². The van der Waals surface area contributed by atoms with Crippen molar-refractivity contribution in [3.63, 3.8) is 0 Å². The van der Waals surface area contributed by atoms with Crippen LogP contribution in [0, 0.1) is 11.7 Å². The first-order valence-electron chi connectivity index (χ1n) is 7.06. The summed E-state index contributed by atoms with van der Waals surface area (Å²) in [5, 5.41) is 2.84. The Bertz CT molecular complexity index is 438. The molecule has 1 atom stereocenters. The van der Waals surface area contributed by atoms with Gasteiger partial charge in [0.15, 0.2) is 0 Å². The standard InChI is InChI=1S/C15H21FN2O2.ClH/c16-12-5-7-13(8-6-12)20-9-1-2-15(19)18-10-14(17)11-3-4-11;/h5-8,11,14H,1-4,9-10,17H2,(H,18,19);1H. The maximum absolute atomic E-state index is 12.7. The number of hydrogen-bond acceptors (Lipinski definition) is 3. The van der Waals surface area contributed by atoms with Crippen molar-refractivity contribution in [1.29, 1.82) is 0 Å². The zero-order chi connectivity index (χ0) is 14.4. The van der Waals surface area contributed by atoms with E-state index in [1.54, 1.807) is 12.1 Å². The average molecular weight is 317 g/mol. The molecule has 1 unspecified atom stereocenters. The molecule has 1 saturated carbocycles. The summed E-state index contributed by atoms with van der Waals surface area (Å²) in [5.74, 6) is 0.923. The summed E-state index contributed by atoms with van der Waals surface area (Å²) < 4.78 is 18.1. The minimum atomic E-state index is -0.288. The topological polar surface area (TPSA) is 64.3 Å². The maximum Gasteiger partial charge on any atom is 0.220 e. The molecular weight excluding hydrogens is 295 g/mol. The second-order valence-electron chi connectivity index (χ2n) is 5.21. The molecule has 1 aromatic carbocycles. The summed E-state index contributed by atoms with van der Waals surface area (Å²) in [6.45, 7) is 0.996. The molecule has 0 bridgehead atoms. The van der Waals surface area contributed by atoms with Crippen molar-refractivity contribution in [1.82, 2.24) is 5.32 Å². The molecule has 1 aliphatic rings. The molecule has 21 heavy (non-hydrogen) atoms. The van der Waals surface area contributed by atoms with Crippen molar-refractivity contribution in [3.05, 3.63) is 30.1 Å². The Morgan fingerprint density at radius 1 is 1.38 bits per heavy atom. The number of nitrogens with two attached hydrogens (primary N) is 1. The van der Waals surface area contributed by atoms with E-state index in [0.29, 0.717) is 37.7 Å². The van der Waals surface area contributed by atoms with Crippen LogP contribution in [0.2, 0.25) is 0 Å². The van der Waals surface area contributed by atoms with Crippen molar-refractivity contribution < 1.29 is 13.9 Å². The lowest BCUT2D eigenvalue weighted by Crippen LogP contribution is -2.38. The van der Waals surface area contributed by atoms with Gasteiger partial charge in [0.05, 0.1) is 6.61 Å². The molecule has 1 amide bonds. The summed E-state index contributed by atoms with van der Waals surface area (Å²) in [4.78, 5) is 11.6. The highest BCUT2D eigenvalue weighted by Gasteiger charge is 2.28. The van der Waals surface area contributed by atoms with E-state index in [0.717, 1.165) is 0 Å². The summed E-state index contributed by atoms with van der Waals surface area (Å²) in [5.41, 5.74) is 5.90. The number of benzene rings is 1. The predicted octanol–water partition coefficient (Wildman–Crippen LogP) is 2.26. The molecule has 3 N–H and O–H groups in total. The number of rotatable bonds is 8. The number of hydrogen-bond donors (Lipinski definition) is 2. The van der Waals surface area contributed by atoms with Crippen molar-refractivity contribution in [3.8, 4) is 5.75 Å². The van der Waals surface area contributed by atoms with E-state index in [1.807, 2.05) is 0 Å². The third-order valence-electron chi connectivity index (χ3n) is 3.39. The fourth-order valence-corrected chi connectivity index (χ4v) is 1.96. The van der Waals surface area contributed by atoms with Crippen LogP contribution in [0.1, 0.15) is 25.7 Å². The van der Waals surface area contributed by atoms with E-state index in [9.17, 15) is 9.18 Å². The normalized spacial score (nSPS) is 15.0. The molecule has 1 aromatic rings. The van der Waals surface area contributed by atoms with Crippen molar-refractivity contribution in [2.24, 2.45) is 11.7 Å².